The number of hydrogen-bond acceptors (Lipinski definition) is 2. The zero-order valence-corrected chi connectivity index (χ0v) is 33.4. The normalized spacial score (nSPS) is 14.1. The molecular formula is C51H53NO. The predicted octanol–water partition coefficient (Wildman–Crippen LogP) is 14.9. The first-order valence-corrected chi connectivity index (χ1v) is 19.2. The summed E-state index contributed by atoms with van der Waals surface area (Å²) in [6, 6.07) is 45.4. The van der Waals surface area contributed by atoms with Crippen LogP contribution in [0.5, 0.6) is 0 Å². The third-order valence-corrected chi connectivity index (χ3v) is 11.5. The van der Waals surface area contributed by atoms with E-state index in [1.54, 1.807) is 0 Å². The highest BCUT2D eigenvalue weighted by molar-refractivity contribution is 6.09. The summed E-state index contributed by atoms with van der Waals surface area (Å²) in [5.41, 5.74) is 17.0. The van der Waals surface area contributed by atoms with Crippen LogP contribution in [0.25, 0.3) is 44.2 Å². The number of furan rings is 1. The minimum Gasteiger partial charge on any atom is -0.456 e. The Bertz CT molecular complexity index is 2510. The van der Waals surface area contributed by atoms with E-state index in [-0.39, 0.29) is 21.7 Å². The van der Waals surface area contributed by atoms with E-state index in [1.807, 2.05) is 0 Å². The molecule has 0 spiro atoms. The molecule has 0 radical (unpaired) electrons. The summed E-state index contributed by atoms with van der Waals surface area (Å²) in [5.74, 6) is 0. The maximum atomic E-state index is 6.67. The van der Waals surface area contributed by atoms with Crippen molar-refractivity contribution in [2.45, 2.75) is 97.8 Å². The summed E-state index contributed by atoms with van der Waals surface area (Å²) >= 11 is 0. The fraction of sp³-hybridized carbons (Fsp3) is 0.294. The van der Waals surface area contributed by atoms with E-state index in [0.717, 1.165) is 33.6 Å². The Balaban J connectivity index is 1.31. The lowest BCUT2D eigenvalue weighted by Gasteiger charge is -2.28. The smallest absolute Gasteiger partial charge is 0.136 e. The van der Waals surface area contributed by atoms with Crippen molar-refractivity contribution in [1.29, 1.82) is 0 Å². The van der Waals surface area contributed by atoms with Crippen molar-refractivity contribution in [2.24, 2.45) is 0 Å². The van der Waals surface area contributed by atoms with Gasteiger partial charge in [0.1, 0.15) is 11.2 Å². The predicted molar refractivity (Wildman–Crippen MR) is 228 cm³/mol. The molecule has 1 heterocycles. The summed E-state index contributed by atoms with van der Waals surface area (Å²) in [6.45, 7) is 25.3. The summed E-state index contributed by atoms with van der Waals surface area (Å²) < 4.78 is 6.67. The molecule has 1 aromatic heterocycles. The van der Waals surface area contributed by atoms with Gasteiger partial charge in [-0.25, -0.2) is 0 Å². The first kappa shape index (κ1) is 35.0. The molecule has 1 aliphatic carbocycles. The van der Waals surface area contributed by atoms with Crippen molar-refractivity contribution >= 4 is 39.0 Å². The Hall–Kier alpha value is -5.08. The van der Waals surface area contributed by atoms with Crippen LogP contribution in [0.2, 0.25) is 0 Å². The summed E-state index contributed by atoms with van der Waals surface area (Å²) in [5, 5.41) is 2.36. The lowest BCUT2D eigenvalue weighted by molar-refractivity contribution is 0.569. The van der Waals surface area contributed by atoms with Crippen molar-refractivity contribution in [3.63, 3.8) is 0 Å². The Kier molecular flexibility index (Phi) is 7.90. The van der Waals surface area contributed by atoms with Crippen LogP contribution < -0.4 is 4.90 Å². The van der Waals surface area contributed by atoms with Gasteiger partial charge in [0.2, 0.25) is 0 Å². The monoisotopic (exact) mass is 695 g/mol. The number of hydrogen-bond donors (Lipinski definition) is 0. The minimum atomic E-state index is -0.103. The number of nitrogens with zero attached hydrogens (tertiary/aromatic N) is 1. The van der Waals surface area contributed by atoms with Crippen molar-refractivity contribution in [3.05, 3.63) is 149 Å². The SMILES string of the molecule is CC(C)(C)c1ccc(-c2ccc(N(c3ccc4c(c3)C(C)(C)c3ccccc3-4)c3ccc4oc5cc(C(C)(C)C)cc(C(C)(C)C)c5c4c3)cc2)cc1. The largest absolute Gasteiger partial charge is 0.456 e. The molecule has 0 saturated carbocycles. The van der Waals surface area contributed by atoms with E-state index >= 15 is 0 Å². The second kappa shape index (κ2) is 12.0. The molecule has 0 N–H and O–H groups in total. The second-order valence-electron chi connectivity index (χ2n) is 18.8. The molecule has 268 valence electrons. The third-order valence-electron chi connectivity index (χ3n) is 11.5. The average molecular weight is 696 g/mol. The maximum Gasteiger partial charge on any atom is 0.136 e. The van der Waals surface area contributed by atoms with Gasteiger partial charge in [0, 0.05) is 33.2 Å². The van der Waals surface area contributed by atoms with Gasteiger partial charge in [-0.1, -0.05) is 149 Å². The van der Waals surface area contributed by atoms with Crippen LogP contribution in [0.4, 0.5) is 17.1 Å². The molecule has 53 heavy (non-hydrogen) atoms. The van der Waals surface area contributed by atoms with Crippen LogP contribution >= 0.6 is 0 Å². The molecule has 0 saturated heterocycles. The van der Waals surface area contributed by atoms with Gasteiger partial charge in [0.15, 0.2) is 0 Å². The lowest BCUT2D eigenvalue weighted by atomic mass is 9.79. The highest BCUT2D eigenvalue weighted by Crippen LogP contribution is 2.51. The van der Waals surface area contributed by atoms with Gasteiger partial charge in [-0.3, -0.25) is 0 Å². The highest BCUT2D eigenvalue weighted by atomic mass is 16.3. The molecule has 7 aromatic rings. The fourth-order valence-corrected chi connectivity index (χ4v) is 8.30. The van der Waals surface area contributed by atoms with Crippen molar-refractivity contribution < 1.29 is 4.42 Å². The molecule has 0 atom stereocenters. The average Bonchev–Trinajstić information content (AvgIpc) is 3.59. The van der Waals surface area contributed by atoms with Gasteiger partial charge in [0.25, 0.3) is 0 Å². The van der Waals surface area contributed by atoms with Crippen LogP contribution in [-0.2, 0) is 21.7 Å². The van der Waals surface area contributed by atoms with Crippen LogP contribution in [0.15, 0.2) is 126 Å². The first-order chi connectivity index (χ1) is 24.9. The second-order valence-corrected chi connectivity index (χ2v) is 18.8. The minimum absolute atomic E-state index is 0.0108. The van der Waals surface area contributed by atoms with Crippen LogP contribution in [0, 0.1) is 0 Å². The van der Waals surface area contributed by atoms with E-state index < -0.39 is 0 Å². The number of anilines is 3. The molecule has 0 bridgehead atoms. The Labute approximate surface area is 316 Å². The Morgan fingerprint density at radius 1 is 0.472 bits per heavy atom. The van der Waals surface area contributed by atoms with Crippen molar-refractivity contribution in [3.8, 4) is 22.3 Å². The van der Waals surface area contributed by atoms with Gasteiger partial charge in [-0.05, 0) is 115 Å². The quantitative estimate of drug-likeness (QED) is 0.182. The maximum absolute atomic E-state index is 6.67. The van der Waals surface area contributed by atoms with E-state index in [9.17, 15) is 0 Å². The summed E-state index contributed by atoms with van der Waals surface area (Å²) in [4.78, 5) is 2.42. The van der Waals surface area contributed by atoms with E-state index in [0.29, 0.717) is 0 Å². The lowest BCUT2D eigenvalue weighted by Crippen LogP contribution is -2.16. The Morgan fingerprint density at radius 2 is 1.04 bits per heavy atom. The van der Waals surface area contributed by atoms with Crippen LogP contribution in [0.1, 0.15) is 104 Å². The number of benzene rings is 6. The highest BCUT2D eigenvalue weighted by Gasteiger charge is 2.36. The van der Waals surface area contributed by atoms with E-state index in [1.165, 1.54) is 55.5 Å². The molecule has 0 aliphatic heterocycles. The molecule has 1 aliphatic rings. The number of rotatable bonds is 4. The van der Waals surface area contributed by atoms with Gasteiger partial charge in [0.05, 0.1) is 0 Å². The molecular weight excluding hydrogens is 643 g/mol. The Morgan fingerprint density at radius 3 is 1.68 bits per heavy atom. The molecule has 0 unspecified atom stereocenters. The van der Waals surface area contributed by atoms with Crippen LogP contribution in [-0.4, -0.2) is 0 Å². The van der Waals surface area contributed by atoms with Gasteiger partial charge in [-0.15, -0.1) is 0 Å². The number of fused-ring (bicyclic) bond motifs is 6. The fourth-order valence-electron chi connectivity index (χ4n) is 8.30. The molecule has 2 heteroatoms. The van der Waals surface area contributed by atoms with Gasteiger partial charge in [-0.2, -0.15) is 0 Å². The van der Waals surface area contributed by atoms with Crippen molar-refractivity contribution in [1.82, 2.24) is 0 Å². The zero-order valence-electron chi connectivity index (χ0n) is 33.4. The summed E-state index contributed by atoms with van der Waals surface area (Å²) in [7, 11) is 0. The third kappa shape index (κ3) is 5.97. The molecule has 8 rings (SSSR count). The van der Waals surface area contributed by atoms with Crippen molar-refractivity contribution in [2.75, 3.05) is 4.90 Å². The molecule has 2 nitrogen and oxygen atoms in total. The zero-order chi connectivity index (χ0) is 37.7. The standard InChI is InChI=1S/C51H53NO/c1-48(2,3)34-20-16-32(17-21-34)33-18-22-36(23-19-33)52(38-24-26-40-39-14-12-13-15-42(39)51(10,11)43(40)31-38)37-25-27-45-41(30-37)47-44(50(7,8)9)28-35(49(4,5)6)29-46(47)53-45/h12-31H,1-11H3. The van der Waals surface area contributed by atoms with Gasteiger partial charge >= 0.3 is 0 Å². The summed E-state index contributed by atoms with van der Waals surface area (Å²) in [6.07, 6.45) is 0. The van der Waals surface area contributed by atoms with Gasteiger partial charge < -0.3 is 9.32 Å². The molecule has 0 amide bonds. The molecule has 6 aromatic carbocycles. The topological polar surface area (TPSA) is 16.4 Å². The van der Waals surface area contributed by atoms with E-state index in [2.05, 4.69) is 202 Å². The van der Waals surface area contributed by atoms with Crippen LogP contribution in [0.3, 0.4) is 0 Å². The first-order valence-electron chi connectivity index (χ1n) is 19.2. The molecule has 0 fully saturated rings. The van der Waals surface area contributed by atoms with E-state index in [4.69, 9.17) is 4.42 Å².